The van der Waals surface area contributed by atoms with E-state index in [0.717, 1.165) is 49.9 Å². The highest BCUT2D eigenvalue weighted by Gasteiger charge is 2.24. The van der Waals surface area contributed by atoms with E-state index in [1.165, 1.54) is 27.1 Å². The van der Waals surface area contributed by atoms with Gasteiger partial charge in [-0.15, -0.1) is 0 Å². The Labute approximate surface area is 200 Å². The van der Waals surface area contributed by atoms with Crippen molar-refractivity contribution >= 4 is 56.9 Å². The summed E-state index contributed by atoms with van der Waals surface area (Å²) in [5.74, 6) is 0.776. The summed E-state index contributed by atoms with van der Waals surface area (Å²) < 4.78 is 6.36. The van der Waals surface area contributed by atoms with Crippen LogP contribution in [0.5, 0.6) is 0 Å². The van der Waals surface area contributed by atoms with Gasteiger partial charge < -0.3 is 4.42 Å². The molecule has 0 fully saturated rings. The third kappa shape index (κ3) is 3.02. The molecule has 2 aromatic heterocycles. The maximum atomic E-state index is 6.36. The zero-order valence-electron chi connectivity index (χ0n) is 20.6. The van der Waals surface area contributed by atoms with E-state index in [4.69, 9.17) is 14.4 Å². The van der Waals surface area contributed by atoms with Crippen molar-refractivity contribution in [3.63, 3.8) is 0 Å². The molecule has 0 aliphatic carbocycles. The first kappa shape index (κ1) is 21.1. The molecular formula is C30H28N2OSi. The van der Waals surface area contributed by atoms with Gasteiger partial charge in [-0.3, -0.25) is 0 Å². The summed E-state index contributed by atoms with van der Waals surface area (Å²) in [6.07, 6.45) is 0. The zero-order chi connectivity index (χ0) is 23.8. The first-order chi connectivity index (χ1) is 16.2. The third-order valence-electron chi connectivity index (χ3n) is 6.94. The van der Waals surface area contributed by atoms with Crippen molar-refractivity contribution in [1.82, 2.24) is 9.97 Å². The molecule has 0 aliphatic rings. The molecule has 0 saturated heterocycles. The first-order valence-corrected chi connectivity index (χ1v) is 15.4. The molecule has 0 unspecified atom stereocenters. The highest BCUT2D eigenvalue weighted by molar-refractivity contribution is 6.89. The summed E-state index contributed by atoms with van der Waals surface area (Å²) in [4.78, 5) is 9.95. The van der Waals surface area contributed by atoms with Gasteiger partial charge >= 0.3 is 0 Å². The number of aromatic nitrogens is 2. The Hall–Kier alpha value is -3.50. The number of para-hydroxylation sites is 2. The minimum Gasteiger partial charge on any atom is -0.455 e. The van der Waals surface area contributed by atoms with Gasteiger partial charge in [0.15, 0.2) is 0 Å². The standard InChI is InChI=1S/C30H28N2OSi/c1-17-16-20-14-15-23-27(24-12-9-11-22-21-10-7-8-13-25(21)33-29(22)24)31-19(3)32-28(23)26(20)18(2)30(17)34(4,5)6/h7-16H,1-6H3. The fourth-order valence-corrected chi connectivity index (χ4v) is 8.36. The molecule has 34 heavy (non-hydrogen) atoms. The molecule has 0 radical (unpaired) electrons. The topological polar surface area (TPSA) is 38.9 Å². The summed E-state index contributed by atoms with van der Waals surface area (Å²) >= 11 is 0. The highest BCUT2D eigenvalue weighted by Crippen LogP contribution is 2.39. The minimum atomic E-state index is -1.53. The molecule has 0 aliphatic heterocycles. The lowest BCUT2D eigenvalue weighted by molar-refractivity contribution is 0.670. The summed E-state index contributed by atoms with van der Waals surface area (Å²) in [6.45, 7) is 13.8. The van der Waals surface area contributed by atoms with E-state index in [9.17, 15) is 0 Å². The largest absolute Gasteiger partial charge is 0.455 e. The van der Waals surface area contributed by atoms with Crippen molar-refractivity contribution in [2.75, 3.05) is 0 Å². The van der Waals surface area contributed by atoms with E-state index in [1.54, 1.807) is 0 Å². The van der Waals surface area contributed by atoms with Crippen molar-refractivity contribution in [2.45, 2.75) is 40.4 Å². The van der Waals surface area contributed by atoms with Gasteiger partial charge in [0, 0.05) is 27.1 Å². The molecule has 4 heteroatoms. The Morgan fingerprint density at radius 1 is 0.765 bits per heavy atom. The van der Waals surface area contributed by atoms with Gasteiger partial charge in [-0.05, 0) is 49.9 Å². The normalized spacial score (nSPS) is 12.4. The van der Waals surface area contributed by atoms with Crippen LogP contribution in [0.4, 0.5) is 0 Å². The highest BCUT2D eigenvalue weighted by atomic mass is 28.3. The molecule has 0 N–H and O–H groups in total. The summed E-state index contributed by atoms with van der Waals surface area (Å²) in [5.41, 5.74) is 7.52. The average molecular weight is 461 g/mol. The predicted molar refractivity (Wildman–Crippen MR) is 147 cm³/mol. The minimum absolute atomic E-state index is 0.776. The number of furan rings is 1. The van der Waals surface area contributed by atoms with Crippen LogP contribution in [0.1, 0.15) is 17.0 Å². The lowest BCUT2D eigenvalue weighted by Gasteiger charge is -2.24. The van der Waals surface area contributed by atoms with Gasteiger partial charge in [0.2, 0.25) is 0 Å². The molecule has 6 rings (SSSR count). The van der Waals surface area contributed by atoms with E-state index in [-0.39, 0.29) is 0 Å². The van der Waals surface area contributed by atoms with E-state index < -0.39 is 8.07 Å². The van der Waals surface area contributed by atoms with Gasteiger partial charge in [0.25, 0.3) is 0 Å². The van der Waals surface area contributed by atoms with Crippen LogP contribution in [-0.2, 0) is 0 Å². The number of nitrogens with zero attached hydrogens (tertiary/aromatic N) is 2. The number of rotatable bonds is 2. The molecular weight excluding hydrogens is 432 g/mol. The van der Waals surface area contributed by atoms with Crippen LogP contribution in [0, 0.1) is 20.8 Å². The fourth-order valence-electron chi connectivity index (χ4n) is 5.86. The fraction of sp³-hybridized carbons (Fsp3) is 0.200. The Morgan fingerprint density at radius 3 is 2.32 bits per heavy atom. The van der Waals surface area contributed by atoms with Crippen molar-refractivity contribution in [3.05, 3.63) is 77.6 Å². The van der Waals surface area contributed by atoms with Crippen molar-refractivity contribution in [2.24, 2.45) is 0 Å². The molecule has 0 saturated carbocycles. The number of benzene rings is 4. The maximum Gasteiger partial charge on any atom is 0.144 e. The third-order valence-corrected chi connectivity index (χ3v) is 9.21. The molecule has 6 aromatic rings. The smallest absolute Gasteiger partial charge is 0.144 e. The second-order valence-corrected chi connectivity index (χ2v) is 15.4. The SMILES string of the molecule is Cc1nc(-c2cccc3c2oc2ccccc23)c2ccc3cc(C)c([Si](C)(C)C)c(C)c3c2n1. The Balaban J connectivity index is 1.75. The van der Waals surface area contributed by atoms with Crippen LogP contribution in [0.25, 0.3) is 54.9 Å². The molecule has 0 amide bonds. The van der Waals surface area contributed by atoms with Crippen LogP contribution < -0.4 is 5.19 Å². The number of hydrogen-bond donors (Lipinski definition) is 0. The molecule has 0 spiro atoms. The van der Waals surface area contributed by atoms with Crippen molar-refractivity contribution in [3.8, 4) is 11.3 Å². The van der Waals surface area contributed by atoms with E-state index in [2.05, 4.69) is 82.0 Å². The van der Waals surface area contributed by atoms with Crippen molar-refractivity contribution in [1.29, 1.82) is 0 Å². The molecule has 0 atom stereocenters. The second kappa shape index (κ2) is 7.25. The predicted octanol–water partition coefficient (Wildman–Crippen LogP) is 7.82. The average Bonchev–Trinajstić information content (AvgIpc) is 3.16. The molecule has 0 bridgehead atoms. The van der Waals surface area contributed by atoms with Crippen LogP contribution >= 0.6 is 0 Å². The number of hydrogen-bond acceptors (Lipinski definition) is 3. The van der Waals surface area contributed by atoms with Gasteiger partial charge in [-0.25, -0.2) is 9.97 Å². The Morgan fingerprint density at radius 2 is 1.53 bits per heavy atom. The van der Waals surface area contributed by atoms with Gasteiger partial charge in [-0.1, -0.05) is 72.9 Å². The van der Waals surface area contributed by atoms with Crippen LogP contribution in [0.2, 0.25) is 19.6 Å². The quantitative estimate of drug-likeness (QED) is 0.195. The van der Waals surface area contributed by atoms with Gasteiger partial charge in [-0.2, -0.15) is 0 Å². The summed E-state index contributed by atoms with van der Waals surface area (Å²) in [7, 11) is -1.53. The van der Waals surface area contributed by atoms with Crippen LogP contribution in [0.15, 0.2) is 65.1 Å². The number of fused-ring (bicyclic) bond motifs is 6. The van der Waals surface area contributed by atoms with E-state index >= 15 is 0 Å². The summed E-state index contributed by atoms with van der Waals surface area (Å²) in [5, 5.41) is 7.35. The molecule has 4 aromatic carbocycles. The first-order valence-electron chi connectivity index (χ1n) is 11.9. The molecule has 168 valence electrons. The van der Waals surface area contributed by atoms with E-state index in [1.807, 2.05) is 19.1 Å². The van der Waals surface area contributed by atoms with Gasteiger partial charge in [0.1, 0.15) is 17.0 Å². The molecule has 2 heterocycles. The van der Waals surface area contributed by atoms with Crippen LogP contribution in [-0.4, -0.2) is 18.0 Å². The van der Waals surface area contributed by atoms with Crippen LogP contribution in [0.3, 0.4) is 0 Å². The van der Waals surface area contributed by atoms with E-state index in [0.29, 0.717) is 0 Å². The molecule has 3 nitrogen and oxygen atoms in total. The lowest BCUT2D eigenvalue weighted by Crippen LogP contribution is -2.41. The van der Waals surface area contributed by atoms with Gasteiger partial charge in [0.05, 0.1) is 19.3 Å². The Bertz CT molecular complexity index is 1770. The zero-order valence-corrected chi connectivity index (χ0v) is 21.6. The maximum absolute atomic E-state index is 6.36. The Kier molecular flexibility index (Phi) is 4.49. The monoisotopic (exact) mass is 460 g/mol. The summed E-state index contributed by atoms with van der Waals surface area (Å²) in [6, 6.07) is 21.3. The number of aryl methyl sites for hydroxylation is 3. The second-order valence-electron chi connectivity index (χ2n) is 10.4. The van der Waals surface area contributed by atoms with Crippen molar-refractivity contribution < 1.29 is 4.42 Å². The lowest BCUT2D eigenvalue weighted by atomic mass is 9.96.